The molecule has 7 N–H and O–H groups in total. The number of benzene rings is 1. The Bertz CT molecular complexity index is 848. The normalized spacial score (nSPS) is 20.1. The minimum Gasteiger partial charge on any atom is -0.507 e. The number of piperidine rings is 1. The third-order valence-electron chi connectivity index (χ3n) is 4.61. The highest BCUT2D eigenvalue weighted by atomic mass is 16.3. The zero-order valence-corrected chi connectivity index (χ0v) is 17.6. The van der Waals surface area contributed by atoms with Crippen LogP contribution < -0.4 is 16.8 Å². The fraction of sp³-hybridized carbons (Fsp3) is 0.409. The third-order valence-corrected chi connectivity index (χ3v) is 4.61. The Hall–Kier alpha value is -2.93. The van der Waals surface area contributed by atoms with E-state index >= 15 is 0 Å². The number of nitrogens with zero attached hydrogens (tertiary/aromatic N) is 2. The van der Waals surface area contributed by atoms with Gasteiger partial charge in [-0.05, 0) is 77.1 Å². The average Bonchev–Trinajstić information content (AvgIpc) is 2.57. The van der Waals surface area contributed by atoms with Crippen LogP contribution in [0.3, 0.4) is 0 Å². The van der Waals surface area contributed by atoms with Crippen LogP contribution in [0.15, 0.2) is 52.6 Å². The number of phenolic OH excluding ortho intramolecular Hbond substituents is 1. The van der Waals surface area contributed by atoms with Gasteiger partial charge in [0.2, 0.25) is 0 Å². The molecule has 7 heteroatoms. The summed E-state index contributed by atoms with van der Waals surface area (Å²) >= 11 is 0. The van der Waals surface area contributed by atoms with E-state index in [1.807, 2.05) is 0 Å². The SMILES string of the molecule is CC1(C)CC(N=C(N)/C=C\C(=N)c2ccc(N=CC=CN)cc2O)CC(C)(C)N1. The molecule has 0 bridgehead atoms. The van der Waals surface area contributed by atoms with Gasteiger partial charge in [0.25, 0.3) is 0 Å². The average molecular weight is 397 g/mol. The second-order valence-corrected chi connectivity index (χ2v) is 8.62. The van der Waals surface area contributed by atoms with Crippen molar-refractivity contribution >= 4 is 23.4 Å². The van der Waals surface area contributed by atoms with Crippen LogP contribution in [0.5, 0.6) is 5.75 Å². The van der Waals surface area contributed by atoms with Crippen molar-refractivity contribution in [3.05, 3.63) is 48.2 Å². The highest BCUT2D eigenvalue weighted by molar-refractivity contribution is 6.11. The Labute approximate surface area is 172 Å². The maximum absolute atomic E-state index is 10.2. The lowest BCUT2D eigenvalue weighted by molar-refractivity contribution is 0.164. The first-order valence-electron chi connectivity index (χ1n) is 9.65. The van der Waals surface area contributed by atoms with Gasteiger partial charge in [-0.3, -0.25) is 9.98 Å². The van der Waals surface area contributed by atoms with E-state index in [4.69, 9.17) is 16.9 Å². The number of nitrogens with two attached hydrogens (primary N) is 2. The minimum absolute atomic E-state index is 0.0113. The smallest absolute Gasteiger partial charge is 0.127 e. The van der Waals surface area contributed by atoms with Crippen LogP contribution in [0.25, 0.3) is 0 Å². The van der Waals surface area contributed by atoms with Gasteiger partial charge in [0, 0.05) is 28.9 Å². The van der Waals surface area contributed by atoms with E-state index in [-0.39, 0.29) is 28.6 Å². The summed E-state index contributed by atoms with van der Waals surface area (Å²) in [5.74, 6) is 0.353. The standard InChI is InChI=1S/C22H32N6O/c1-21(2)13-16(14-22(3,4)28-21)27-20(25)9-8-18(24)17-7-6-15(12-19(17)29)26-11-5-10-23/h5-12,16,24,28-29H,13-14,23H2,1-4H3,(H2,25,27)/b9-8-,10-5?,24-18?,26-11?. The molecule has 0 amide bonds. The fourth-order valence-electron chi connectivity index (χ4n) is 3.88. The van der Waals surface area contributed by atoms with Crippen LogP contribution in [-0.2, 0) is 0 Å². The van der Waals surface area contributed by atoms with Gasteiger partial charge in [-0.1, -0.05) is 0 Å². The van der Waals surface area contributed by atoms with Crippen molar-refractivity contribution in [2.75, 3.05) is 0 Å². The number of hydrogen-bond acceptors (Lipinski definition) is 6. The molecule has 0 saturated carbocycles. The topological polar surface area (TPSA) is 133 Å². The lowest BCUT2D eigenvalue weighted by atomic mass is 9.80. The van der Waals surface area contributed by atoms with Gasteiger partial charge < -0.3 is 27.3 Å². The molecule has 1 heterocycles. The van der Waals surface area contributed by atoms with Crippen LogP contribution in [-0.4, -0.2) is 40.0 Å². The summed E-state index contributed by atoms with van der Waals surface area (Å²) in [4.78, 5) is 8.78. The summed E-state index contributed by atoms with van der Waals surface area (Å²) in [5, 5.41) is 22.0. The Morgan fingerprint density at radius 2 is 1.86 bits per heavy atom. The Balaban J connectivity index is 2.09. The molecular formula is C22H32N6O. The molecule has 1 saturated heterocycles. The molecule has 1 aromatic rings. The number of aromatic hydroxyl groups is 1. The predicted octanol–water partition coefficient (Wildman–Crippen LogP) is 3.16. The van der Waals surface area contributed by atoms with Gasteiger partial charge in [0.05, 0.1) is 17.4 Å². The molecule has 2 rings (SSSR count). The van der Waals surface area contributed by atoms with Gasteiger partial charge in [0.1, 0.15) is 11.6 Å². The number of phenols is 1. The van der Waals surface area contributed by atoms with Gasteiger partial charge >= 0.3 is 0 Å². The quantitative estimate of drug-likeness (QED) is 0.373. The Kier molecular flexibility index (Phi) is 6.97. The predicted molar refractivity (Wildman–Crippen MR) is 121 cm³/mol. The van der Waals surface area contributed by atoms with E-state index in [2.05, 4.69) is 43.0 Å². The second-order valence-electron chi connectivity index (χ2n) is 8.62. The van der Waals surface area contributed by atoms with Crippen molar-refractivity contribution < 1.29 is 5.11 Å². The molecule has 29 heavy (non-hydrogen) atoms. The van der Waals surface area contributed by atoms with Crippen molar-refractivity contribution in [2.45, 2.75) is 57.7 Å². The second kappa shape index (κ2) is 9.05. The molecule has 0 spiro atoms. The van der Waals surface area contributed by atoms with Gasteiger partial charge in [-0.15, -0.1) is 0 Å². The van der Waals surface area contributed by atoms with E-state index in [0.717, 1.165) is 12.8 Å². The highest BCUT2D eigenvalue weighted by Crippen LogP contribution is 2.30. The molecule has 1 aliphatic heterocycles. The van der Waals surface area contributed by atoms with Crippen LogP contribution in [0.4, 0.5) is 5.69 Å². The van der Waals surface area contributed by atoms with Crippen molar-refractivity contribution in [1.82, 2.24) is 5.32 Å². The summed E-state index contributed by atoms with van der Waals surface area (Å²) in [6.07, 6.45) is 9.43. The number of allylic oxidation sites excluding steroid dienone is 2. The third kappa shape index (κ3) is 6.87. The molecule has 156 valence electrons. The van der Waals surface area contributed by atoms with Crippen molar-refractivity contribution in [1.29, 1.82) is 5.41 Å². The highest BCUT2D eigenvalue weighted by Gasteiger charge is 2.37. The van der Waals surface area contributed by atoms with E-state index in [1.54, 1.807) is 30.4 Å². The first-order valence-corrected chi connectivity index (χ1v) is 9.65. The molecule has 0 aromatic heterocycles. The number of hydrogen-bond donors (Lipinski definition) is 5. The fourth-order valence-corrected chi connectivity index (χ4v) is 3.88. The van der Waals surface area contributed by atoms with Gasteiger partial charge in [-0.25, -0.2) is 0 Å². The van der Waals surface area contributed by atoms with Crippen molar-refractivity contribution in [3.63, 3.8) is 0 Å². The summed E-state index contributed by atoms with van der Waals surface area (Å²) in [7, 11) is 0. The summed E-state index contributed by atoms with van der Waals surface area (Å²) in [6, 6.07) is 4.98. The van der Waals surface area contributed by atoms with Crippen LogP contribution in [0.2, 0.25) is 0 Å². The Morgan fingerprint density at radius 1 is 1.21 bits per heavy atom. The molecule has 1 aromatic carbocycles. The molecule has 7 nitrogen and oxygen atoms in total. The largest absolute Gasteiger partial charge is 0.507 e. The lowest BCUT2D eigenvalue weighted by Gasteiger charge is -2.45. The van der Waals surface area contributed by atoms with Gasteiger partial charge in [-0.2, -0.15) is 0 Å². The minimum atomic E-state index is -0.0246. The molecule has 1 fully saturated rings. The Morgan fingerprint density at radius 3 is 2.45 bits per heavy atom. The summed E-state index contributed by atoms with van der Waals surface area (Å²) in [6.45, 7) is 8.67. The van der Waals surface area contributed by atoms with E-state index in [9.17, 15) is 5.11 Å². The number of amidine groups is 1. The first kappa shape index (κ1) is 22.4. The van der Waals surface area contributed by atoms with Crippen molar-refractivity contribution in [3.8, 4) is 5.75 Å². The molecule has 0 atom stereocenters. The molecule has 1 aliphatic rings. The molecule has 0 radical (unpaired) electrons. The maximum atomic E-state index is 10.2. The van der Waals surface area contributed by atoms with Crippen molar-refractivity contribution in [2.24, 2.45) is 21.5 Å². The molecule has 0 aliphatic carbocycles. The monoisotopic (exact) mass is 396 g/mol. The summed E-state index contributed by atoms with van der Waals surface area (Å²) < 4.78 is 0. The molecular weight excluding hydrogens is 364 g/mol. The lowest BCUT2D eigenvalue weighted by Crippen LogP contribution is -2.59. The van der Waals surface area contributed by atoms with E-state index in [1.165, 1.54) is 18.5 Å². The van der Waals surface area contributed by atoms with E-state index in [0.29, 0.717) is 17.1 Å². The van der Waals surface area contributed by atoms with E-state index < -0.39 is 0 Å². The first-order chi connectivity index (χ1) is 13.5. The summed E-state index contributed by atoms with van der Waals surface area (Å²) in [5.41, 5.74) is 12.4. The number of aliphatic imine (C=N–C) groups is 2. The van der Waals surface area contributed by atoms with Crippen LogP contribution >= 0.6 is 0 Å². The van der Waals surface area contributed by atoms with Crippen LogP contribution in [0, 0.1) is 5.41 Å². The number of rotatable bonds is 6. The van der Waals surface area contributed by atoms with Crippen LogP contribution in [0.1, 0.15) is 46.1 Å². The zero-order valence-electron chi connectivity index (χ0n) is 17.6. The zero-order chi connectivity index (χ0) is 21.7. The maximum Gasteiger partial charge on any atom is 0.127 e. The van der Waals surface area contributed by atoms with Gasteiger partial charge in [0.15, 0.2) is 0 Å². The number of nitrogens with one attached hydrogen (secondary N) is 2. The molecule has 0 unspecified atom stereocenters.